The Balaban J connectivity index is 2.57. The fourth-order valence-electron chi connectivity index (χ4n) is 1.04. The van der Waals surface area contributed by atoms with Crippen LogP contribution in [-0.2, 0) is 0 Å². The van der Waals surface area contributed by atoms with Crippen molar-refractivity contribution in [2.75, 3.05) is 20.8 Å². The van der Waals surface area contributed by atoms with E-state index in [-0.39, 0.29) is 0 Å². The standard InChI is InChI=1S/C11H17NO2/c1-9(12-2)8-14-11-7-5-4-6-10(11)13-3/h4-7,9,12H,8H2,1-3H3. The molecule has 3 heteroatoms. The summed E-state index contributed by atoms with van der Waals surface area (Å²) in [6.07, 6.45) is 0. The molecule has 1 aromatic carbocycles. The van der Waals surface area contributed by atoms with Gasteiger partial charge in [-0.05, 0) is 26.1 Å². The molecular formula is C11H17NO2. The highest BCUT2D eigenvalue weighted by atomic mass is 16.5. The Bertz CT molecular complexity index is 276. The molecule has 0 fully saturated rings. The van der Waals surface area contributed by atoms with E-state index in [1.54, 1.807) is 7.11 Å². The van der Waals surface area contributed by atoms with E-state index < -0.39 is 0 Å². The number of hydrogen-bond acceptors (Lipinski definition) is 3. The Morgan fingerprint density at radius 2 is 1.93 bits per heavy atom. The molecule has 0 bridgehead atoms. The Labute approximate surface area is 85.0 Å². The summed E-state index contributed by atoms with van der Waals surface area (Å²) >= 11 is 0. The van der Waals surface area contributed by atoms with Gasteiger partial charge in [-0.3, -0.25) is 0 Å². The first-order valence-electron chi connectivity index (χ1n) is 4.71. The second-order valence-electron chi connectivity index (χ2n) is 3.15. The minimum absolute atomic E-state index is 0.333. The summed E-state index contributed by atoms with van der Waals surface area (Å²) in [6, 6.07) is 7.98. The van der Waals surface area contributed by atoms with Crippen molar-refractivity contribution in [3.63, 3.8) is 0 Å². The number of likely N-dealkylation sites (N-methyl/N-ethyl adjacent to an activating group) is 1. The number of rotatable bonds is 5. The molecular weight excluding hydrogens is 178 g/mol. The predicted molar refractivity (Wildman–Crippen MR) is 57.0 cm³/mol. The first-order valence-corrected chi connectivity index (χ1v) is 4.71. The average Bonchev–Trinajstić information content (AvgIpc) is 2.26. The van der Waals surface area contributed by atoms with Crippen molar-refractivity contribution in [3.8, 4) is 11.5 Å². The Morgan fingerprint density at radius 3 is 2.50 bits per heavy atom. The van der Waals surface area contributed by atoms with E-state index in [4.69, 9.17) is 9.47 Å². The largest absolute Gasteiger partial charge is 0.493 e. The maximum atomic E-state index is 5.59. The van der Waals surface area contributed by atoms with Crippen molar-refractivity contribution >= 4 is 0 Å². The molecule has 0 aliphatic rings. The van der Waals surface area contributed by atoms with Gasteiger partial charge in [-0.2, -0.15) is 0 Å². The summed E-state index contributed by atoms with van der Waals surface area (Å²) in [7, 11) is 3.56. The lowest BCUT2D eigenvalue weighted by molar-refractivity contribution is 0.265. The first-order chi connectivity index (χ1) is 6.77. The second kappa shape index (κ2) is 5.50. The van der Waals surface area contributed by atoms with Crippen LogP contribution in [-0.4, -0.2) is 26.8 Å². The number of para-hydroxylation sites is 2. The summed E-state index contributed by atoms with van der Waals surface area (Å²) in [5.74, 6) is 1.56. The monoisotopic (exact) mass is 195 g/mol. The summed E-state index contributed by atoms with van der Waals surface area (Å²) in [5, 5.41) is 3.11. The van der Waals surface area contributed by atoms with Crippen LogP contribution in [0, 0.1) is 0 Å². The van der Waals surface area contributed by atoms with Gasteiger partial charge in [0.15, 0.2) is 11.5 Å². The van der Waals surface area contributed by atoms with Gasteiger partial charge in [0, 0.05) is 6.04 Å². The van der Waals surface area contributed by atoms with Gasteiger partial charge in [0.2, 0.25) is 0 Å². The third-order valence-corrected chi connectivity index (χ3v) is 2.05. The quantitative estimate of drug-likeness (QED) is 0.775. The van der Waals surface area contributed by atoms with Gasteiger partial charge in [0.25, 0.3) is 0 Å². The van der Waals surface area contributed by atoms with Crippen molar-refractivity contribution in [1.29, 1.82) is 0 Å². The molecule has 0 heterocycles. The van der Waals surface area contributed by atoms with Gasteiger partial charge in [-0.15, -0.1) is 0 Å². The van der Waals surface area contributed by atoms with E-state index in [0.29, 0.717) is 12.6 Å². The van der Waals surface area contributed by atoms with Crippen molar-refractivity contribution in [2.24, 2.45) is 0 Å². The maximum Gasteiger partial charge on any atom is 0.161 e. The molecule has 0 saturated heterocycles. The smallest absolute Gasteiger partial charge is 0.161 e. The third kappa shape index (κ3) is 2.92. The molecule has 78 valence electrons. The third-order valence-electron chi connectivity index (χ3n) is 2.05. The fourth-order valence-corrected chi connectivity index (χ4v) is 1.04. The summed E-state index contributed by atoms with van der Waals surface area (Å²) < 4.78 is 10.8. The van der Waals surface area contributed by atoms with E-state index in [1.807, 2.05) is 31.3 Å². The minimum Gasteiger partial charge on any atom is -0.493 e. The van der Waals surface area contributed by atoms with Crippen LogP contribution in [0.1, 0.15) is 6.92 Å². The van der Waals surface area contributed by atoms with Crippen LogP contribution in [0.5, 0.6) is 11.5 Å². The van der Waals surface area contributed by atoms with E-state index >= 15 is 0 Å². The highest BCUT2D eigenvalue weighted by Crippen LogP contribution is 2.25. The van der Waals surface area contributed by atoms with Gasteiger partial charge < -0.3 is 14.8 Å². The van der Waals surface area contributed by atoms with E-state index in [2.05, 4.69) is 12.2 Å². The predicted octanol–water partition coefficient (Wildman–Crippen LogP) is 1.68. The SMILES string of the molecule is CNC(C)COc1ccccc1OC. The molecule has 0 aliphatic carbocycles. The summed E-state index contributed by atoms with van der Waals surface area (Å²) in [4.78, 5) is 0. The number of methoxy groups -OCH3 is 1. The minimum atomic E-state index is 0.333. The normalized spacial score (nSPS) is 12.2. The van der Waals surface area contributed by atoms with Crippen molar-refractivity contribution in [1.82, 2.24) is 5.32 Å². The second-order valence-corrected chi connectivity index (χ2v) is 3.15. The molecule has 14 heavy (non-hydrogen) atoms. The molecule has 1 N–H and O–H groups in total. The molecule has 0 aliphatic heterocycles. The van der Waals surface area contributed by atoms with Gasteiger partial charge >= 0.3 is 0 Å². The summed E-state index contributed by atoms with van der Waals surface area (Å²) in [5.41, 5.74) is 0. The van der Waals surface area contributed by atoms with Crippen LogP contribution in [0.4, 0.5) is 0 Å². The fraction of sp³-hybridized carbons (Fsp3) is 0.455. The number of ether oxygens (including phenoxy) is 2. The molecule has 0 spiro atoms. The van der Waals surface area contributed by atoms with Gasteiger partial charge in [0.05, 0.1) is 7.11 Å². The lowest BCUT2D eigenvalue weighted by Crippen LogP contribution is -2.28. The molecule has 0 aromatic heterocycles. The van der Waals surface area contributed by atoms with Crippen LogP contribution in [0.15, 0.2) is 24.3 Å². The molecule has 0 radical (unpaired) electrons. The number of benzene rings is 1. The zero-order valence-electron chi connectivity index (χ0n) is 8.91. The zero-order chi connectivity index (χ0) is 10.4. The van der Waals surface area contributed by atoms with Gasteiger partial charge in [0.1, 0.15) is 6.61 Å². The van der Waals surface area contributed by atoms with Crippen molar-refractivity contribution in [3.05, 3.63) is 24.3 Å². The highest BCUT2D eigenvalue weighted by molar-refractivity contribution is 5.39. The zero-order valence-corrected chi connectivity index (χ0v) is 8.91. The van der Waals surface area contributed by atoms with E-state index in [0.717, 1.165) is 11.5 Å². The maximum absolute atomic E-state index is 5.59. The first kappa shape index (κ1) is 10.9. The molecule has 3 nitrogen and oxygen atoms in total. The van der Waals surface area contributed by atoms with Crippen LogP contribution >= 0.6 is 0 Å². The molecule has 1 unspecified atom stereocenters. The molecule has 1 aromatic rings. The Kier molecular flexibility index (Phi) is 4.26. The Morgan fingerprint density at radius 1 is 1.29 bits per heavy atom. The van der Waals surface area contributed by atoms with Gasteiger partial charge in [-0.25, -0.2) is 0 Å². The van der Waals surface area contributed by atoms with Gasteiger partial charge in [-0.1, -0.05) is 12.1 Å². The van der Waals surface area contributed by atoms with Crippen molar-refractivity contribution in [2.45, 2.75) is 13.0 Å². The molecule has 1 rings (SSSR count). The number of nitrogens with one attached hydrogen (secondary N) is 1. The average molecular weight is 195 g/mol. The van der Waals surface area contributed by atoms with E-state index in [1.165, 1.54) is 0 Å². The van der Waals surface area contributed by atoms with E-state index in [9.17, 15) is 0 Å². The molecule has 1 atom stereocenters. The van der Waals surface area contributed by atoms with Crippen LogP contribution in [0.3, 0.4) is 0 Å². The molecule has 0 saturated carbocycles. The highest BCUT2D eigenvalue weighted by Gasteiger charge is 2.04. The lowest BCUT2D eigenvalue weighted by Gasteiger charge is -2.13. The lowest BCUT2D eigenvalue weighted by atomic mass is 10.3. The van der Waals surface area contributed by atoms with Crippen LogP contribution in [0.2, 0.25) is 0 Å². The van der Waals surface area contributed by atoms with Crippen LogP contribution in [0.25, 0.3) is 0 Å². The summed E-state index contributed by atoms with van der Waals surface area (Å²) in [6.45, 7) is 2.70. The van der Waals surface area contributed by atoms with Crippen molar-refractivity contribution < 1.29 is 9.47 Å². The topological polar surface area (TPSA) is 30.5 Å². The number of hydrogen-bond donors (Lipinski definition) is 1. The molecule has 0 amide bonds. The van der Waals surface area contributed by atoms with Crippen LogP contribution < -0.4 is 14.8 Å². The Hall–Kier alpha value is -1.22.